The Morgan fingerprint density at radius 2 is 1.92 bits per heavy atom. The van der Waals surface area contributed by atoms with E-state index in [0.29, 0.717) is 17.5 Å². The molecule has 3 aromatic rings. The Balaban J connectivity index is 2.06. The molecule has 0 aliphatic heterocycles. The molecule has 132 valence electrons. The zero-order chi connectivity index (χ0) is 18.8. The van der Waals surface area contributed by atoms with Crippen molar-refractivity contribution >= 4 is 52.1 Å². The molecule has 0 spiro atoms. The van der Waals surface area contributed by atoms with Gasteiger partial charge in [-0.05, 0) is 42.3 Å². The van der Waals surface area contributed by atoms with Crippen LogP contribution in [-0.2, 0) is 4.79 Å². The van der Waals surface area contributed by atoms with Gasteiger partial charge in [-0.3, -0.25) is 14.3 Å². The number of hydrogen-bond donors (Lipinski definition) is 1. The lowest BCUT2D eigenvalue weighted by molar-refractivity contribution is -0.132. The maximum Gasteiger partial charge on any atom is 0.331 e. The highest BCUT2D eigenvalue weighted by Gasteiger charge is 2.19. The van der Waals surface area contributed by atoms with E-state index >= 15 is 0 Å². The number of hydrogen-bond acceptors (Lipinski definition) is 3. The molecule has 2 aromatic heterocycles. The van der Waals surface area contributed by atoms with Crippen molar-refractivity contribution in [3.63, 3.8) is 0 Å². The van der Waals surface area contributed by atoms with Crippen molar-refractivity contribution < 1.29 is 14.7 Å². The van der Waals surface area contributed by atoms with Gasteiger partial charge < -0.3 is 5.11 Å². The maximum absolute atomic E-state index is 12.9. The smallest absolute Gasteiger partial charge is 0.331 e. The minimum Gasteiger partial charge on any atom is -0.478 e. The minimum atomic E-state index is -1.01. The highest BCUT2D eigenvalue weighted by atomic mass is 35.5. The van der Waals surface area contributed by atoms with E-state index in [1.807, 2.05) is 0 Å². The van der Waals surface area contributed by atoms with Gasteiger partial charge in [0.05, 0.1) is 21.1 Å². The van der Waals surface area contributed by atoms with Gasteiger partial charge in [0.25, 0.3) is 5.91 Å². The van der Waals surface area contributed by atoms with Crippen LogP contribution in [0.2, 0.25) is 10.0 Å². The second-order valence-corrected chi connectivity index (χ2v) is 6.43. The zero-order valence-corrected chi connectivity index (χ0v) is 15.3. The van der Waals surface area contributed by atoms with Gasteiger partial charge in [0.2, 0.25) is 0 Å². The molecule has 0 bridgehead atoms. The summed E-state index contributed by atoms with van der Waals surface area (Å²) in [5.41, 5.74) is 1.60. The van der Waals surface area contributed by atoms with Crippen LogP contribution < -0.4 is 0 Å². The first-order valence-corrected chi connectivity index (χ1v) is 8.56. The van der Waals surface area contributed by atoms with E-state index in [2.05, 4.69) is 4.98 Å². The topological polar surface area (TPSA) is 72.2 Å². The third-order valence-electron chi connectivity index (χ3n) is 3.98. The Labute approximate surface area is 159 Å². The summed E-state index contributed by atoms with van der Waals surface area (Å²) in [5.74, 6) is -1.38. The monoisotopic (exact) mass is 388 g/mol. The lowest BCUT2D eigenvalue weighted by Crippen LogP contribution is -2.12. The van der Waals surface area contributed by atoms with Crippen LogP contribution in [0, 0.1) is 0 Å². The molecule has 0 atom stereocenters. The minimum absolute atomic E-state index is 0.158. The fourth-order valence-corrected chi connectivity index (χ4v) is 3.34. The van der Waals surface area contributed by atoms with Crippen LogP contribution in [0.25, 0.3) is 17.0 Å². The summed E-state index contributed by atoms with van der Waals surface area (Å²) < 4.78 is 1.45. The Hall–Kier alpha value is -2.63. The molecule has 0 fully saturated rings. The van der Waals surface area contributed by atoms with Crippen molar-refractivity contribution in [2.75, 3.05) is 0 Å². The standard InChI is InChI=1S/C19H14Cl2N2O3/c1-2-12(19(25)26)7-11-8-14(20)17(15(21)9-11)18(24)23-6-4-13-10-22-5-3-16(13)23/h3-10H,2H2,1H3,(H,25,26). The molecule has 1 N–H and O–H groups in total. The second kappa shape index (κ2) is 7.32. The van der Waals surface area contributed by atoms with Gasteiger partial charge in [-0.1, -0.05) is 30.1 Å². The summed E-state index contributed by atoms with van der Waals surface area (Å²) in [6.45, 7) is 1.74. The van der Waals surface area contributed by atoms with Gasteiger partial charge in [0.15, 0.2) is 0 Å². The van der Waals surface area contributed by atoms with Crippen molar-refractivity contribution in [3.05, 3.63) is 69.6 Å². The summed E-state index contributed by atoms with van der Waals surface area (Å²) in [6, 6.07) is 6.57. The van der Waals surface area contributed by atoms with Gasteiger partial charge in [-0.25, -0.2) is 4.79 Å². The summed E-state index contributed by atoms with van der Waals surface area (Å²) in [6.07, 6.45) is 6.74. The number of carbonyl (C=O) groups is 2. The third kappa shape index (κ3) is 3.36. The number of halogens is 2. The first kappa shape index (κ1) is 18.2. The van der Waals surface area contributed by atoms with Crippen molar-refractivity contribution in [1.82, 2.24) is 9.55 Å². The molecule has 5 nitrogen and oxygen atoms in total. The molecular formula is C19H14Cl2N2O3. The quantitative estimate of drug-likeness (QED) is 0.644. The highest BCUT2D eigenvalue weighted by molar-refractivity contribution is 6.40. The van der Waals surface area contributed by atoms with E-state index in [9.17, 15) is 9.59 Å². The number of fused-ring (bicyclic) bond motifs is 1. The van der Waals surface area contributed by atoms with Crippen molar-refractivity contribution in [2.24, 2.45) is 0 Å². The number of aliphatic carboxylic acids is 1. The Morgan fingerprint density at radius 3 is 2.54 bits per heavy atom. The Morgan fingerprint density at radius 1 is 1.23 bits per heavy atom. The summed E-state index contributed by atoms with van der Waals surface area (Å²) >= 11 is 12.6. The van der Waals surface area contributed by atoms with E-state index in [4.69, 9.17) is 28.3 Å². The third-order valence-corrected chi connectivity index (χ3v) is 4.58. The molecule has 0 radical (unpaired) electrons. The van der Waals surface area contributed by atoms with E-state index in [-0.39, 0.29) is 27.1 Å². The van der Waals surface area contributed by atoms with E-state index < -0.39 is 5.97 Å². The van der Waals surface area contributed by atoms with Crippen LogP contribution in [0.3, 0.4) is 0 Å². The SMILES string of the molecule is CCC(=Cc1cc(Cl)c(C(=O)n2ccc3cnccc32)c(Cl)c1)C(=O)O. The van der Waals surface area contributed by atoms with E-state index in [0.717, 1.165) is 5.39 Å². The van der Waals surface area contributed by atoms with Crippen LogP contribution in [0.1, 0.15) is 29.3 Å². The van der Waals surface area contributed by atoms with Gasteiger partial charge in [-0.2, -0.15) is 0 Å². The molecule has 0 saturated heterocycles. The Kier molecular flexibility index (Phi) is 5.11. The molecule has 1 aromatic carbocycles. The molecule has 2 heterocycles. The lowest BCUT2D eigenvalue weighted by atomic mass is 10.1. The summed E-state index contributed by atoms with van der Waals surface area (Å²) in [7, 11) is 0. The molecule has 7 heteroatoms. The van der Waals surface area contributed by atoms with E-state index in [1.54, 1.807) is 37.6 Å². The predicted molar refractivity (Wildman–Crippen MR) is 102 cm³/mol. The van der Waals surface area contributed by atoms with Gasteiger partial charge in [0, 0.05) is 29.5 Å². The molecule has 3 rings (SSSR count). The first-order chi connectivity index (χ1) is 12.4. The van der Waals surface area contributed by atoms with Crippen LogP contribution in [0.4, 0.5) is 0 Å². The van der Waals surface area contributed by atoms with Crippen LogP contribution in [0.15, 0.2) is 48.4 Å². The molecule has 0 amide bonds. The lowest BCUT2D eigenvalue weighted by Gasteiger charge is -2.10. The van der Waals surface area contributed by atoms with Crippen molar-refractivity contribution in [1.29, 1.82) is 0 Å². The predicted octanol–water partition coefficient (Wildman–Crippen LogP) is 4.91. The molecule has 0 aliphatic carbocycles. The number of carbonyl (C=O) groups excluding carboxylic acids is 1. The Bertz CT molecular complexity index is 1030. The molecular weight excluding hydrogens is 375 g/mol. The number of nitrogens with zero attached hydrogens (tertiary/aromatic N) is 2. The van der Waals surface area contributed by atoms with Gasteiger partial charge >= 0.3 is 5.97 Å². The molecule has 0 unspecified atom stereocenters. The van der Waals surface area contributed by atoms with Crippen molar-refractivity contribution in [3.8, 4) is 0 Å². The van der Waals surface area contributed by atoms with Crippen molar-refractivity contribution in [2.45, 2.75) is 13.3 Å². The highest BCUT2D eigenvalue weighted by Crippen LogP contribution is 2.30. The van der Waals surface area contributed by atoms with Crippen LogP contribution in [0.5, 0.6) is 0 Å². The second-order valence-electron chi connectivity index (χ2n) is 5.61. The van der Waals surface area contributed by atoms with Gasteiger partial charge in [-0.15, -0.1) is 0 Å². The fraction of sp³-hybridized carbons (Fsp3) is 0.105. The largest absolute Gasteiger partial charge is 0.478 e. The van der Waals surface area contributed by atoms with Crippen LogP contribution >= 0.6 is 23.2 Å². The molecule has 0 aliphatic rings. The fourth-order valence-electron chi connectivity index (χ4n) is 2.68. The average molecular weight is 389 g/mol. The average Bonchev–Trinajstić information content (AvgIpc) is 3.02. The number of benzene rings is 1. The normalized spacial score (nSPS) is 11.7. The number of pyridine rings is 1. The number of rotatable bonds is 4. The summed E-state index contributed by atoms with van der Waals surface area (Å²) in [4.78, 5) is 28.1. The number of carboxylic acids is 1. The molecule has 26 heavy (non-hydrogen) atoms. The van der Waals surface area contributed by atoms with Crippen LogP contribution in [-0.4, -0.2) is 26.5 Å². The maximum atomic E-state index is 12.9. The van der Waals surface area contributed by atoms with E-state index in [1.165, 1.54) is 22.8 Å². The first-order valence-electron chi connectivity index (χ1n) is 7.81. The van der Waals surface area contributed by atoms with Gasteiger partial charge in [0.1, 0.15) is 0 Å². The number of carboxylic acid groups (broad SMARTS) is 1. The zero-order valence-electron chi connectivity index (χ0n) is 13.7. The summed E-state index contributed by atoms with van der Waals surface area (Å²) in [5, 5.41) is 10.3. The molecule has 0 saturated carbocycles. The number of aromatic nitrogens is 2.